The molecule has 0 heterocycles. The first-order valence-electron chi connectivity index (χ1n) is 14.2. The molecule has 0 N–H and O–H groups in total. The van der Waals surface area contributed by atoms with Crippen molar-refractivity contribution >= 4 is 0 Å². The molecule has 2 aliphatic carbocycles. The van der Waals surface area contributed by atoms with Crippen molar-refractivity contribution in [3.63, 3.8) is 0 Å². The Hall–Kier alpha value is -2.25. The average Bonchev–Trinajstić information content (AvgIpc) is 2.88. The molecule has 2 aliphatic rings. The molecule has 0 amide bonds. The maximum Gasteiger partial charge on any atom is 0.426 e. The number of ether oxygens (including phenoxy) is 1. The largest absolute Gasteiger partial charge is 0.429 e. The Bertz CT molecular complexity index is 1040. The number of benzene rings is 2. The molecule has 39 heavy (non-hydrogen) atoms. The van der Waals surface area contributed by atoms with Crippen LogP contribution in [0.1, 0.15) is 107 Å². The molecular weight excluding hydrogens is 521 g/mol. The number of alkyl halides is 5. The second-order valence-electron chi connectivity index (χ2n) is 11.4. The molecule has 0 unspecified atom stereocenters. The second-order valence-corrected chi connectivity index (χ2v) is 11.4. The summed E-state index contributed by atoms with van der Waals surface area (Å²) in [5.74, 6) is -1.68. The fraction of sp³-hybridized carbons (Fsp3) is 0.613. The van der Waals surface area contributed by atoms with Crippen LogP contribution in [0.2, 0.25) is 0 Å². The minimum Gasteiger partial charge on any atom is -0.429 e. The number of hydrogen-bond acceptors (Lipinski definition) is 1. The van der Waals surface area contributed by atoms with Crippen LogP contribution in [-0.2, 0) is 12.3 Å². The summed E-state index contributed by atoms with van der Waals surface area (Å²) in [6.07, 6.45) is 5.55. The van der Waals surface area contributed by atoms with Gasteiger partial charge in [-0.2, -0.15) is 22.0 Å². The molecule has 0 atom stereocenters. The lowest BCUT2D eigenvalue weighted by Gasteiger charge is -2.38. The minimum atomic E-state index is -5.34. The third-order valence-corrected chi connectivity index (χ3v) is 8.81. The first-order valence-corrected chi connectivity index (χ1v) is 14.2. The van der Waals surface area contributed by atoms with Crippen LogP contribution in [0.25, 0.3) is 0 Å². The van der Waals surface area contributed by atoms with Gasteiger partial charge in [-0.05, 0) is 92.0 Å². The van der Waals surface area contributed by atoms with Gasteiger partial charge in [-0.25, -0.2) is 8.78 Å². The molecule has 0 radical (unpaired) electrons. The Morgan fingerprint density at radius 2 is 1.28 bits per heavy atom. The van der Waals surface area contributed by atoms with E-state index < -0.39 is 35.0 Å². The molecule has 8 heteroatoms. The van der Waals surface area contributed by atoms with Crippen LogP contribution in [0.5, 0.6) is 5.75 Å². The Labute approximate surface area is 226 Å². The molecule has 1 nitrogen and oxygen atoms in total. The number of hydrogen-bond donors (Lipinski definition) is 0. The Morgan fingerprint density at radius 1 is 0.744 bits per heavy atom. The normalized spacial score (nSPS) is 24.5. The Balaban J connectivity index is 1.29. The summed E-state index contributed by atoms with van der Waals surface area (Å²) in [5, 5.41) is 0. The summed E-state index contributed by atoms with van der Waals surface area (Å²) in [4.78, 5) is 0. The maximum atomic E-state index is 14.6. The Morgan fingerprint density at radius 3 is 1.79 bits per heavy atom. The molecule has 0 saturated heterocycles. The first kappa shape index (κ1) is 29.7. The molecule has 2 fully saturated rings. The zero-order valence-electron chi connectivity index (χ0n) is 22.3. The van der Waals surface area contributed by atoms with Crippen LogP contribution in [0, 0.1) is 29.4 Å². The summed E-state index contributed by atoms with van der Waals surface area (Å²) in [6, 6.07) is 6.07. The van der Waals surface area contributed by atoms with E-state index in [0.29, 0.717) is 5.92 Å². The van der Waals surface area contributed by atoms with Crippen LogP contribution in [0.3, 0.4) is 0 Å². The van der Waals surface area contributed by atoms with Gasteiger partial charge in [-0.1, -0.05) is 57.6 Å². The molecule has 0 aliphatic heterocycles. The highest BCUT2D eigenvalue weighted by Gasteiger charge is 2.42. The quantitative estimate of drug-likeness (QED) is 0.220. The lowest BCUT2D eigenvalue weighted by molar-refractivity contribution is -0.186. The third kappa shape index (κ3) is 7.49. The standard InChI is InChI=1S/C31H37F7O/c1-2-3-4-5-20-6-8-21(9-7-20)22-10-12-23(13-11-22)24-14-16-26(17-15-24)39-31(37,38)25-18-27(32)29(28(33)19-25)30(34,35)36/h14-23H,2-13H2,1H3. The number of rotatable bonds is 9. The highest BCUT2D eigenvalue weighted by Crippen LogP contribution is 2.45. The van der Waals surface area contributed by atoms with Crippen LogP contribution in [-0.4, -0.2) is 0 Å². The van der Waals surface area contributed by atoms with Crippen LogP contribution in [0.4, 0.5) is 30.7 Å². The van der Waals surface area contributed by atoms with Gasteiger partial charge in [0.15, 0.2) is 0 Å². The van der Waals surface area contributed by atoms with Gasteiger partial charge in [0.1, 0.15) is 22.9 Å². The predicted molar refractivity (Wildman–Crippen MR) is 137 cm³/mol. The zero-order valence-corrected chi connectivity index (χ0v) is 22.3. The van der Waals surface area contributed by atoms with Gasteiger partial charge in [-0.15, -0.1) is 0 Å². The monoisotopic (exact) mass is 558 g/mol. The topological polar surface area (TPSA) is 9.23 Å². The highest BCUT2D eigenvalue weighted by molar-refractivity contribution is 5.33. The number of unbranched alkanes of at least 4 members (excludes halogenated alkanes) is 2. The van der Waals surface area contributed by atoms with Crippen LogP contribution in [0.15, 0.2) is 36.4 Å². The van der Waals surface area contributed by atoms with E-state index in [9.17, 15) is 30.7 Å². The molecule has 0 bridgehead atoms. The fourth-order valence-corrected chi connectivity index (χ4v) is 6.58. The van der Waals surface area contributed by atoms with Crippen molar-refractivity contribution in [3.05, 3.63) is 64.7 Å². The van der Waals surface area contributed by atoms with E-state index in [1.165, 1.54) is 63.5 Å². The molecule has 2 aromatic carbocycles. The van der Waals surface area contributed by atoms with Crippen molar-refractivity contribution in [2.75, 3.05) is 0 Å². The van der Waals surface area contributed by atoms with Gasteiger partial charge in [0.25, 0.3) is 0 Å². The summed E-state index contributed by atoms with van der Waals surface area (Å²) in [6.45, 7) is 2.24. The van der Waals surface area contributed by atoms with Crippen molar-refractivity contribution in [2.45, 2.75) is 102 Å². The van der Waals surface area contributed by atoms with E-state index >= 15 is 0 Å². The predicted octanol–water partition coefficient (Wildman–Crippen LogP) is 10.8. The van der Waals surface area contributed by atoms with Crippen LogP contribution >= 0.6 is 0 Å². The highest BCUT2D eigenvalue weighted by atomic mass is 19.4. The minimum absolute atomic E-state index is 0.0440. The maximum absolute atomic E-state index is 14.6. The number of halogens is 7. The summed E-state index contributed by atoms with van der Waals surface area (Å²) >= 11 is 0. The van der Waals surface area contributed by atoms with Gasteiger partial charge >= 0.3 is 12.3 Å². The van der Waals surface area contributed by atoms with Crippen molar-refractivity contribution < 1.29 is 35.5 Å². The van der Waals surface area contributed by atoms with Gasteiger partial charge < -0.3 is 4.74 Å². The molecule has 2 saturated carbocycles. The van der Waals surface area contributed by atoms with Gasteiger partial charge in [0.05, 0.1) is 5.56 Å². The molecule has 2 aromatic rings. The van der Waals surface area contributed by atoms with Crippen LogP contribution < -0.4 is 4.74 Å². The molecule has 216 valence electrons. The van der Waals surface area contributed by atoms with E-state index in [0.717, 1.165) is 49.0 Å². The van der Waals surface area contributed by atoms with Gasteiger partial charge in [-0.3, -0.25) is 0 Å². The molecule has 0 spiro atoms. The van der Waals surface area contributed by atoms with Crippen molar-refractivity contribution in [2.24, 2.45) is 17.8 Å². The lowest BCUT2D eigenvalue weighted by Crippen LogP contribution is -2.25. The SMILES string of the molecule is CCCCCC1CCC(C2CCC(c3ccc(OC(F)(F)c4cc(F)c(C(F)(F)F)c(F)c4)cc3)CC2)CC1. The van der Waals surface area contributed by atoms with E-state index in [-0.39, 0.29) is 17.9 Å². The summed E-state index contributed by atoms with van der Waals surface area (Å²) in [7, 11) is 0. The third-order valence-electron chi connectivity index (χ3n) is 8.81. The smallest absolute Gasteiger partial charge is 0.426 e. The summed E-state index contributed by atoms with van der Waals surface area (Å²) < 4.78 is 99.7. The van der Waals surface area contributed by atoms with E-state index in [2.05, 4.69) is 11.7 Å². The van der Waals surface area contributed by atoms with Gasteiger partial charge in [0, 0.05) is 0 Å². The van der Waals surface area contributed by atoms with Gasteiger partial charge in [0.2, 0.25) is 0 Å². The zero-order chi connectivity index (χ0) is 28.2. The van der Waals surface area contributed by atoms with E-state index in [1.54, 1.807) is 12.1 Å². The average molecular weight is 559 g/mol. The second kappa shape index (κ2) is 12.5. The van der Waals surface area contributed by atoms with E-state index in [1.807, 2.05) is 0 Å². The van der Waals surface area contributed by atoms with Crippen molar-refractivity contribution in [1.82, 2.24) is 0 Å². The molecule has 0 aromatic heterocycles. The summed E-state index contributed by atoms with van der Waals surface area (Å²) in [5.41, 5.74) is -2.52. The van der Waals surface area contributed by atoms with Crippen molar-refractivity contribution in [3.8, 4) is 5.75 Å². The lowest BCUT2D eigenvalue weighted by atomic mass is 9.68. The van der Waals surface area contributed by atoms with Crippen molar-refractivity contribution in [1.29, 1.82) is 0 Å². The molecular formula is C31H37F7O. The fourth-order valence-electron chi connectivity index (χ4n) is 6.58. The molecule has 4 rings (SSSR count). The Kier molecular flexibility index (Phi) is 9.53. The first-order chi connectivity index (χ1) is 18.5. The van der Waals surface area contributed by atoms with E-state index in [4.69, 9.17) is 0 Å².